The summed E-state index contributed by atoms with van der Waals surface area (Å²) in [6.07, 6.45) is 3.09. The fourth-order valence-corrected chi connectivity index (χ4v) is 3.46. The van der Waals surface area contributed by atoms with Crippen molar-refractivity contribution in [2.75, 3.05) is 6.61 Å². The van der Waals surface area contributed by atoms with Crippen molar-refractivity contribution in [1.82, 2.24) is 0 Å². The fourth-order valence-electron chi connectivity index (χ4n) is 3.46. The molecule has 2 aromatic carbocycles. The molecule has 20 heavy (non-hydrogen) atoms. The van der Waals surface area contributed by atoms with Gasteiger partial charge in [0.15, 0.2) is 0 Å². The number of aliphatic hydroxyl groups is 1. The summed E-state index contributed by atoms with van der Waals surface area (Å²) in [5, 5.41) is 10.7. The molecule has 2 aromatic rings. The van der Waals surface area contributed by atoms with Crippen molar-refractivity contribution in [1.29, 1.82) is 0 Å². The zero-order valence-electron chi connectivity index (χ0n) is 11.4. The molecule has 0 fully saturated rings. The maximum atomic E-state index is 10.7. The Morgan fingerprint density at radius 1 is 1.05 bits per heavy atom. The van der Waals surface area contributed by atoms with Gasteiger partial charge in [0.1, 0.15) is 5.75 Å². The van der Waals surface area contributed by atoms with E-state index >= 15 is 0 Å². The summed E-state index contributed by atoms with van der Waals surface area (Å²) in [7, 11) is 0. The molecule has 1 aliphatic heterocycles. The van der Waals surface area contributed by atoms with Crippen LogP contribution in [-0.4, -0.2) is 11.7 Å². The van der Waals surface area contributed by atoms with E-state index in [0.29, 0.717) is 6.61 Å². The molecule has 0 radical (unpaired) electrons. The van der Waals surface area contributed by atoms with Crippen LogP contribution in [0.25, 0.3) is 0 Å². The maximum Gasteiger partial charge on any atom is 0.123 e. The number of fused-ring (bicyclic) bond motifs is 2. The molecule has 102 valence electrons. The van der Waals surface area contributed by atoms with E-state index in [-0.39, 0.29) is 5.92 Å². The molecule has 0 saturated carbocycles. The van der Waals surface area contributed by atoms with Crippen LogP contribution in [0.4, 0.5) is 0 Å². The van der Waals surface area contributed by atoms with Gasteiger partial charge >= 0.3 is 0 Å². The Balaban J connectivity index is 1.67. The Kier molecular flexibility index (Phi) is 2.78. The second-order valence-electron chi connectivity index (χ2n) is 5.78. The molecule has 1 heterocycles. The number of aliphatic hydroxyl groups excluding tert-OH is 1. The van der Waals surface area contributed by atoms with Crippen molar-refractivity contribution in [3.05, 3.63) is 64.7 Å². The Morgan fingerprint density at radius 3 is 2.85 bits per heavy atom. The minimum absolute atomic E-state index is 0.0469. The Morgan fingerprint density at radius 2 is 1.90 bits per heavy atom. The first-order valence-corrected chi connectivity index (χ1v) is 7.34. The molecule has 1 N–H and O–H groups in total. The molecule has 4 rings (SSSR count). The number of para-hydroxylation sites is 1. The second-order valence-corrected chi connectivity index (χ2v) is 5.78. The van der Waals surface area contributed by atoms with Crippen LogP contribution in [0.1, 0.15) is 40.7 Å². The van der Waals surface area contributed by atoms with Gasteiger partial charge in [-0.3, -0.25) is 0 Å². The van der Waals surface area contributed by atoms with Crippen LogP contribution in [0, 0.1) is 0 Å². The summed E-state index contributed by atoms with van der Waals surface area (Å²) < 4.78 is 5.69. The minimum atomic E-state index is -0.482. The maximum absolute atomic E-state index is 10.7. The summed E-state index contributed by atoms with van der Waals surface area (Å²) in [5.74, 6) is 0.961. The van der Waals surface area contributed by atoms with E-state index in [0.717, 1.165) is 23.3 Å². The van der Waals surface area contributed by atoms with Crippen molar-refractivity contribution < 1.29 is 9.84 Å². The summed E-state index contributed by atoms with van der Waals surface area (Å²) in [6, 6.07) is 14.5. The second kappa shape index (κ2) is 4.64. The van der Waals surface area contributed by atoms with Crippen LogP contribution < -0.4 is 4.74 Å². The molecule has 0 aromatic heterocycles. The highest BCUT2D eigenvalue weighted by molar-refractivity contribution is 5.43. The smallest absolute Gasteiger partial charge is 0.123 e. The average Bonchev–Trinajstić information content (AvgIpc) is 3.12. The van der Waals surface area contributed by atoms with E-state index in [9.17, 15) is 5.11 Å². The lowest BCUT2D eigenvalue weighted by Crippen LogP contribution is -2.12. The van der Waals surface area contributed by atoms with Crippen LogP contribution in [0.2, 0.25) is 0 Å². The van der Waals surface area contributed by atoms with Gasteiger partial charge < -0.3 is 9.84 Å². The first-order valence-electron chi connectivity index (χ1n) is 7.34. The zero-order valence-corrected chi connectivity index (χ0v) is 11.4. The Hall–Kier alpha value is -1.80. The van der Waals surface area contributed by atoms with Gasteiger partial charge in [0.25, 0.3) is 0 Å². The van der Waals surface area contributed by atoms with Gasteiger partial charge in [-0.2, -0.15) is 0 Å². The summed E-state index contributed by atoms with van der Waals surface area (Å²) >= 11 is 0. The summed E-state index contributed by atoms with van der Waals surface area (Å²) in [6.45, 7) is 0.567. The first kappa shape index (κ1) is 12.0. The molecule has 0 bridgehead atoms. The van der Waals surface area contributed by atoms with Gasteiger partial charge in [-0.15, -0.1) is 0 Å². The normalized spacial score (nSPS) is 21.1. The van der Waals surface area contributed by atoms with Crippen LogP contribution in [0.15, 0.2) is 42.5 Å². The third-order valence-corrected chi connectivity index (χ3v) is 4.58. The molecule has 2 heteroatoms. The van der Waals surface area contributed by atoms with E-state index in [2.05, 4.69) is 24.3 Å². The van der Waals surface area contributed by atoms with Gasteiger partial charge in [0.05, 0.1) is 18.6 Å². The van der Waals surface area contributed by atoms with E-state index in [1.807, 2.05) is 18.2 Å². The van der Waals surface area contributed by atoms with E-state index in [1.165, 1.54) is 24.0 Å². The van der Waals surface area contributed by atoms with Gasteiger partial charge in [0.2, 0.25) is 0 Å². The highest BCUT2D eigenvalue weighted by Crippen LogP contribution is 2.41. The molecule has 2 unspecified atom stereocenters. The standard InChI is InChI=1S/C18H18O2/c19-18(14-9-8-12-4-3-5-13(12)10-14)16-11-20-17-7-2-1-6-15(16)17/h1-2,6-10,16,18-19H,3-5,11H2. The third kappa shape index (κ3) is 1.83. The van der Waals surface area contributed by atoms with Crippen molar-refractivity contribution in [2.45, 2.75) is 31.3 Å². The largest absolute Gasteiger partial charge is 0.493 e. The predicted octanol–water partition coefficient (Wildman–Crippen LogP) is 3.38. The quantitative estimate of drug-likeness (QED) is 0.903. The van der Waals surface area contributed by atoms with E-state index in [4.69, 9.17) is 4.74 Å². The van der Waals surface area contributed by atoms with Crippen LogP contribution >= 0.6 is 0 Å². The average molecular weight is 266 g/mol. The first-order chi connectivity index (χ1) is 9.83. The molecule has 0 amide bonds. The number of rotatable bonds is 2. The number of hydrogen-bond acceptors (Lipinski definition) is 2. The number of aryl methyl sites for hydroxylation is 2. The molecule has 2 nitrogen and oxygen atoms in total. The lowest BCUT2D eigenvalue weighted by atomic mass is 9.89. The molecule has 2 atom stereocenters. The van der Waals surface area contributed by atoms with Crippen LogP contribution in [0.5, 0.6) is 5.75 Å². The monoisotopic (exact) mass is 266 g/mol. The van der Waals surface area contributed by atoms with Gasteiger partial charge in [-0.25, -0.2) is 0 Å². The molecular formula is C18H18O2. The van der Waals surface area contributed by atoms with Crippen molar-refractivity contribution in [3.63, 3.8) is 0 Å². The van der Waals surface area contributed by atoms with Crippen molar-refractivity contribution >= 4 is 0 Å². The van der Waals surface area contributed by atoms with Crippen LogP contribution in [0.3, 0.4) is 0 Å². The molecule has 0 saturated heterocycles. The Labute approximate surface area is 119 Å². The minimum Gasteiger partial charge on any atom is -0.493 e. The lowest BCUT2D eigenvalue weighted by Gasteiger charge is -2.18. The van der Waals surface area contributed by atoms with Gasteiger partial charge in [0, 0.05) is 5.56 Å². The molecular weight excluding hydrogens is 248 g/mol. The van der Waals surface area contributed by atoms with Crippen molar-refractivity contribution in [2.24, 2.45) is 0 Å². The SMILES string of the molecule is OC(c1ccc2c(c1)CCC2)C1COc2ccccc21. The highest BCUT2D eigenvalue weighted by atomic mass is 16.5. The number of ether oxygens (including phenoxy) is 1. The third-order valence-electron chi connectivity index (χ3n) is 4.58. The van der Waals surface area contributed by atoms with E-state index < -0.39 is 6.10 Å². The van der Waals surface area contributed by atoms with Gasteiger partial charge in [-0.1, -0.05) is 36.4 Å². The summed E-state index contributed by atoms with van der Waals surface area (Å²) in [4.78, 5) is 0. The van der Waals surface area contributed by atoms with E-state index in [1.54, 1.807) is 0 Å². The van der Waals surface area contributed by atoms with Gasteiger partial charge in [-0.05, 0) is 42.0 Å². The molecule has 1 aliphatic carbocycles. The Bertz CT molecular complexity index is 648. The number of benzene rings is 2. The fraction of sp³-hybridized carbons (Fsp3) is 0.333. The molecule has 2 aliphatic rings. The zero-order chi connectivity index (χ0) is 13.5. The predicted molar refractivity (Wildman–Crippen MR) is 78.1 cm³/mol. The van der Waals surface area contributed by atoms with Crippen molar-refractivity contribution in [3.8, 4) is 5.75 Å². The summed E-state index contributed by atoms with van der Waals surface area (Å²) in [5.41, 5.74) is 5.01. The topological polar surface area (TPSA) is 29.5 Å². The highest BCUT2D eigenvalue weighted by Gasteiger charge is 2.31. The van der Waals surface area contributed by atoms with Crippen LogP contribution in [-0.2, 0) is 12.8 Å². The number of hydrogen-bond donors (Lipinski definition) is 1. The lowest BCUT2D eigenvalue weighted by molar-refractivity contribution is 0.130. The molecule has 0 spiro atoms.